The predicted molar refractivity (Wildman–Crippen MR) is 129 cm³/mol. The number of aliphatic carboxylic acids is 1. The summed E-state index contributed by atoms with van der Waals surface area (Å²) in [5.41, 5.74) is 1.05. The molecule has 4 aliphatic carbocycles. The van der Waals surface area contributed by atoms with Crippen LogP contribution in [0.1, 0.15) is 89.9 Å². The predicted octanol–water partition coefficient (Wildman–Crippen LogP) is 6.54. The Bertz CT molecular complexity index is 1000. The molecule has 5 rings (SSSR count). The first kappa shape index (κ1) is 23.7. The van der Waals surface area contributed by atoms with Crippen LogP contribution in [-0.2, 0) is 16.0 Å². The van der Waals surface area contributed by atoms with Gasteiger partial charge in [0.1, 0.15) is 5.76 Å². The van der Waals surface area contributed by atoms with Gasteiger partial charge in [-0.05, 0) is 103 Å². The first-order valence-electron chi connectivity index (χ1n) is 13.3. The highest BCUT2D eigenvalue weighted by atomic mass is 16.4. The van der Waals surface area contributed by atoms with Crippen molar-refractivity contribution in [3.8, 4) is 0 Å². The highest BCUT2D eigenvalue weighted by Crippen LogP contribution is 2.67. The lowest BCUT2D eigenvalue weighted by Crippen LogP contribution is -2.54. The maximum Gasteiger partial charge on any atom is 0.307 e. The topological polar surface area (TPSA) is 87.7 Å². The van der Waals surface area contributed by atoms with Gasteiger partial charge in [-0.3, -0.25) is 9.59 Å². The Labute approximate surface area is 203 Å². The average Bonchev–Trinajstić information content (AvgIpc) is 3.37. The number of hydrogen-bond donors (Lipinski definition) is 2. The Morgan fingerprint density at radius 3 is 2.56 bits per heavy atom. The molecule has 0 aromatic carbocycles. The lowest BCUT2D eigenvalue weighted by Gasteiger charge is -2.59. The minimum Gasteiger partial charge on any atom is -0.505 e. The fraction of sp³-hybridized carbons (Fsp3) is 0.724. The number of carboxylic acids is 1. The summed E-state index contributed by atoms with van der Waals surface area (Å²) in [5.74, 6) is 1.80. The Hall–Kier alpha value is -2.04. The van der Waals surface area contributed by atoms with Gasteiger partial charge < -0.3 is 14.6 Å². The summed E-state index contributed by atoms with van der Waals surface area (Å²) in [6, 6.07) is 1.99. The molecule has 1 heterocycles. The highest BCUT2D eigenvalue weighted by molar-refractivity contribution is 5.94. The molecule has 1 unspecified atom stereocenters. The molecule has 8 atom stereocenters. The van der Waals surface area contributed by atoms with E-state index in [1.54, 1.807) is 6.26 Å². The third-order valence-corrected chi connectivity index (χ3v) is 10.8. The highest BCUT2D eigenvalue weighted by Gasteiger charge is 2.61. The Balaban J connectivity index is 1.41. The van der Waals surface area contributed by atoms with Gasteiger partial charge in [-0.15, -0.1) is 0 Å². The SMILES string of the molecule is CC(C)c1ccoc1CC(C(=O)O)[C@H]1CC[C@H]2[C@@H]3CC[C@@H]4C=C(O)C(=O)C[C@]4(C)[C@H]3CC[C@]12C. The van der Waals surface area contributed by atoms with Gasteiger partial charge in [0.2, 0.25) is 0 Å². The van der Waals surface area contributed by atoms with Crippen LogP contribution in [0.3, 0.4) is 0 Å². The maximum atomic E-state index is 12.6. The van der Waals surface area contributed by atoms with E-state index >= 15 is 0 Å². The molecule has 1 aromatic rings. The number of carbonyl (C=O) groups excluding carboxylic acids is 1. The standard InChI is InChI=1S/C29H40O5/c1-16(2)18-10-12-34-26(18)14-20(27(32)33)22-8-7-21-19-6-5-17-13-24(30)25(31)15-29(17,4)23(19)9-11-28(21,22)3/h10,12-13,16-17,19-23,30H,5-9,11,14-15H2,1-4H3,(H,32,33)/t17-,19+,20?,21+,22-,23+,28+,29+/m1/s1. The van der Waals surface area contributed by atoms with Gasteiger partial charge in [-0.25, -0.2) is 0 Å². The number of hydrogen-bond acceptors (Lipinski definition) is 4. The molecule has 0 bridgehead atoms. The molecular formula is C29H40O5. The van der Waals surface area contributed by atoms with E-state index in [9.17, 15) is 19.8 Å². The molecule has 0 aliphatic heterocycles. The summed E-state index contributed by atoms with van der Waals surface area (Å²) in [7, 11) is 0. The molecule has 2 N–H and O–H groups in total. The quantitative estimate of drug-likeness (QED) is 0.512. The van der Waals surface area contributed by atoms with Crippen LogP contribution in [0.5, 0.6) is 0 Å². The van der Waals surface area contributed by atoms with Gasteiger partial charge in [-0.2, -0.15) is 0 Å². The van der Waals surface area contributed by atoms with Gasteiger partial charge in [0.25, 0.3) is 0 Å². The Morgan fingerprint density at radius 2 is 1.85 bits per heavy atom. The second-order valence-electron chi connectivity index (χ2n) is 12.5. The molecule has 0 saturated heterocycles. The largest absolute Gasteiger partial charge is 0.505 e. The molecule has 0 spiro atoms. The van der Waals surface area contributed by atoms with E-state index in [-0.39, 0.29) is 34.2 Å². The number of aliphatic hydroxyl groups is 1. The third kappa shape index (κ3) is 3.48. The van der Waals surface area contributed by atoms with E-state index in [1.807, 2.05) is 12.1 Å². The van der Waals surface area contributed by atoms with Crippen molar-refractivity contribution >= 4 is 11.8 Å². The molecule has 5 heteroatoms. The van der Waals surface area contributed by atoms with Crippen LogP contribution in [0.2, 0.25) is 0 Å². The van der Waals surface area contributed by atoms with Gasteiger partial charge in [0.05, 0.1) is 12.2 Å². The first-order chi connectivity index (χ1) is 16.1. The molecule has 34 heavy (non-hydrogen) atoms. The summed E-state index contributed by atoms with van der Waals surface area (Å²) >= 11 is 0. The summed E-state index contributed by atoms with van der Waals surface area (Å²) in [5, 5.41) is 20.4. The van der Waals surface area contributed by atoms with Gasteiger partial charge in [0.15, 0.2) is 11.5 Å². The zero-order valence-electron chi connectivity index (χ0n) is 21.0. The van der Waals surface area contributed by atoms with Crippen molar-refractivity contribution in [3.05, 3.63) is 35.5 Å². The van der Waals surface area contributed by atoms with E-state index < -0.39 is 11.9 Å². The molecule has 1 aromatic heterocycles. The molecule has 186 valence electrons. The molecular weight excluding hydrogens is 428 g/mol. The minimum absolute atomic E-state index is 0.00859. The molecule has 0 radical (unpaired) electrons. The average molecular weight is 469 g/mol. The smallest absolute Gasteiger partial charge is 0.307 e. The van der Waals surface area contributed by atoms with Crippen molar-refractivity contribution in [2.24, 2.45) is 46.3 Å². The van der Waals surface area contributed by atoms with Crippen molar-refractivity contribution in [3.63, 3.8) is 0 Å². The van der Waals surface area contributed by atoms with Crippen molar-refractivity contribution < 1.29 is 24.2 Å². The van der Waals surface area contributed by atoms with Crippen LogP contribution >= 0.6 is 0 Å². The van der Waals surface area contributed by atoms with E-state index in [4.69, 9.17) is 4.42 Å². The van der Waals surface area contributed by atoms with Gasteiger partial charge in [-0.1, -0.05) is 27.7 Å². The fourth-order valence-corrected chi connectivity index (χ4v) is 9.08. The number of Topliss-reactive ketones (excluding diaryl/α,β-unsaturated/α-hetero) is 1. The van der Waals surface area contributed by atoms with Crippen LogP contribution in [0.25, 0.3) is 0 Å². The van der Waals surface area contributed by atoms with Crippen LogP contribution < -0.4 is 0 Å². The summed E-state index contributed by atoms with van der Waals surface area (Å²) in [6.45, 7) is 8.88. The zero-order valence-corrected chi connectivity index (χ0v) is 21.0. The number of carbonyl (C=O) groups is 2. The van der Waals surface area contributed by atoms with Crippen molar-refractivity contribution in [1.82, 2.24) is 0 Å². The van der Waals surface area contributed by atoms with E-state index in [0.717, 1.165) is 49.8 Å². The second kappa shape index (κ2) is 8.27. The third-order valence-electron chi connectivity index (χ3n) is 10.8. The lowest BCUT2D eigenvalue weighted by atomic mass is 9.45. The monoisotopic (exact) mass is 468 g/mol. The van der Waals surface area contributed by atoms with Crippen LogP contribution in [0.4, 0.5) is 0 Å². The molecule has 0 amide bonds. The number of ketones is 1. The van der Waals surface area contributed by atoms with Crippen molar-refractivity contribution in [2.75, 3.05) is 0 Å². The number of furan rings is 1. The molecule has 4 aliphatic rings. The molecule has 3 fully saturated rings. The van der Waals surface area contributed by atoms with Gasteiger partial charge in [0, 0.05) is 12.8 Å². The number of rotatable bonds is 5. The number of carboxylic acid groups (broad SMARTS) is 1. The van der Waals surface area contributed by atoms with Crippen LogP contribution in [0.15, 0.2) is 28.6 Å². The normalized spacial score (nSPS) is 40.3. The molecule has 5 nitrogen and oxygen atoms in total. The zero-order chi connectivity index (χ0) is 24.4. The number of fused-ring (bicyclic) bond motifs is 5. The number of allylic oxidation sites excluding steroid dienone is 2. The lowest BCUT2D eigenvalue weighted by molar-refractivity contribution is -0.149. The van der Waals surface area contributed by atoms with Crippen LogP contribution in [0, 0.1) is 46.3 Å². The van der Waals surface area contributed by atoms with E-state index in [2.05, 4.69) is 27.7 Å². The fourth-order valence-electron chi connectivity index (χ4n) is 9.08. The summed E-state index contributed by atoms with van der Waals surface area (Å²) in [6.07, 6.45) is 10.7. The van der Waals surface area contributed by atoms with Gasteiger partial charge >= 0.3 is 5.97 Å². The maximum absolute atomic E-state index is 12.6. The summed E-state index contributed by atoms with van der Waals surface area (Å²) < 4.78 is 5.79. The van der Waals surface area contributed by atoms with Crippen molar-refractivity contribution in [2.45, 2.75) is 85.0 Å². The number of aliphatic hydroxyl groups excluding tert-OH is 1. The summed E-state index contributed by atoms with van der Waals surface area (Å²) in [4.78, 5) is 25.1. The van der Waals surface area contributed by atoms with Crippen molar-refractivity contribution in [1.29, 1.82) is 0 Å². The second-order valence-corrected chi connectivity index (χ2v) is 12.5. The first-order valence-corrected chi connectivity index (χ1v) is 13.3. The Kier molecular flexibility index (Phi) is 5.76. The Morgan fingerprint density at radius 1 is 1.12 bits per heavy atom. The van der Waals surface area contributed by atoms with E-state index in [1.165, 1.54) is 0 Å². The van der Waals surface area contributed by atoms with E-state index in [0.29, 0.717) is 36.5 Å². The minimum atomic E-state index is -0.700. The van der Waals surface area contributed by atoms with Crippen LogP contribution in [-0.4, -0.2) is 22.0 Å². The molecule has 3 saturated carbocycles.